The van der Waals surface area contributed by atoms with Gasteiger partial charge in [-0.3, -0.25) is 4.55 Å². The van der Waals surface area contributed by atoms with Crippen LogP contribution in [0.3, 0.4) is 0 Å². The van der Waals surface area contributed by atoms with Gasteiger partial charge in [-0.1, -0.05) is 15.9 Å². The number of aliphatic hydroxyl groups is 1. The predicted octanol–water partition coefficient (Wildman–Crippen LogP) is 1.17. The summed E-state index contributed by atoms with van der Waals surface area (Å²) >= 11 is 6.00. The van der Waals surface area contributed by atoms with Crippen LogP contribution in [-0.4, -0.2) is 27.4 Å². The monoisotopic (exact) mass is 332 g/mol. The van der Waals surface area contributed by atoms with Gasteiger partial charge in [0.15, 0.2) is 4.51 Å². The Bertz CT molecular complexity index is 368. The molecule has 1 rings (SSSR count). The Hall–Kier alpha value is 0.310. The molecule has 0 aliphatic heterocycles. The molecule has 2 N–H and O–H groups in total. The Kier molecular flexibility index (Phi) is 3.04. The lowest BCUT2D eigenvalue weighted by atomic mass is 10.1. The van der Waals surface area contributed by atoms with Gasteiger partial charge in [0.2, 0.25) is 0 Å². The molecule has 7 heteroatoms. The fraction of sp³-hybridized carbons (Fsp3) is 0.333. The molecule has 2 atom stereocenters. The van der Waals surface area contributed by atoms with Crippen LogP contribution in [0.4, 0.5) is 0 Å². The molecule has 0 radical (unpaired) electrons. The molecular weight excluding hydrogens is 328 g/mol. The standard InChI is InChI=1S/C6H6Br2O4S/c7-5-3-4(13(10,11)12)1-2-6(5,8)9/h1-3,5,9H,(H,10,11,12). The number of allylic oxidation sites excluding steroid dienone is 1. The summed E-state index contributed by atoms with van der Waals surface area (Å²) in [6.45, 7) is 0. The second-order valence-corrected chi connectivity index (χ2v) is 6.19. The fourth-order valence-electron chi connectivity index (χ4n) is 0.780. The van der Waals surface area contributed by atoms with E-state index in [0.29, 0.717) is 0 Å². The summed E-state index contributed by atoms with van der Waals surface area (Å²) in [5.74, 6) is 0. The topological polar surface area (TPSA) is 74.6 Å². The summed E-state index contributed by atoms with van der Waals surface area (Å²) in [5.41, 5.74) is 0. The van der Waals surface area contributed by atoms with Crippen LogP contribution in [0.5, 0.6) is 0 Å². The Balaban J connectivity index is 3.07. The average Bonchev–Trinajstić information content (AvgIpc) is 1.92. The molecule has 74 valence electrons. The molecule has 0 aromatic carbocycles. The maximum absolute atomic E-state index is 10.7. The molecule has 4 nitrogen and oxygen atoms in total. The Labute approximate surface area is 92.3 Å². The van der Waals surface area contributed by atoms with E-state index in [1.807, 2.05) is 0 Å². The summed E-state index contributed by atoms with van der Waals surface area (Å²) in [5, 5.41) is 9.49. The molecular formula is C6H6Br2O4S. The minimum Gasteiger partial charge on any atom is -0.374 e. The van der Waals surface area contributed by atoms with Crippen molar-refractivity contribution in [2.75, 3.05) is 0 Å². The molecule has 1 aliphatic carbocycles. The third kappa shape index (κ3) is 2.63. The molecule has 0 aromatic heterocycles. The Morgan fingerprint density at radius 2 is 2.08 bits per heavy atom. The van der Waals surface area contributed by atoms with E-state index in [2.05, 4.69) is 31.9 Å². The third-order valence-electron chi connectivity index (χ3n) is 1.48. The number of hydrogen-bond donors (Lipinski definition) is 2. The van der Waals surface area contributed by atoms with Gasteiger partial charge in [0.1, 0.15) is 0 Å². The highest BCUT2D eigenvalue weighted by Crippen LogP contribution is 2.33. The van der Waals surface area contributed by atoms with Crippen molar-refractivity contribution in [1.29, 1.82) is 0 Å². The van der Waals surface area contributed by atoms with Crippen molar-refractivity contribution >= 4 is 42.0 Å². The summed E-state index contributed by atoms with van der Waals surface area (Å²) in [6.07, 6.45) is 3.56. The number of hydrogen-bond acceptors (Lipinski definition) is 3. The molecule has 0 bridgehead atoms. The third-order valence-corrected chi connectivity index (χ3v) is 4.68. The first-order valence-electron chi connectivity index (χ1n) is 3.17. The average molecular weight is 334 g/mol. The zero-order valence-electron chi connectivity index (χ0n) is 6.18. The summed E-state index contributed by atoms with van der Waals surface area (Å²) in [7, 11) is -4.20. The lowest BCUT2D eigenvalue weighted by Crippen LogP contribution is -2.30. The van der Waals surface area contributed by atoms with E-state index >= 15 is 0 Å². The first-order valence-corrected chi connectivity index (χ1v) is 6.32. The van der Waals surface area contributed by atoms with Crippen molar-refractivity contribution in [3.8, 4) is 0 Å². The number of halogens is 2. The molecule has 0 saturated heterocycles. The van der Waals surface area contributed by atoms with E-state index in [1.165, 1.54) is 12.2 Å². The van der Waals surface area contributed by atoms with Gasteiger partial charge in [0.05, 0.1) is 9.73 Å². The Morgan fingerprint density at radius 1 is 1.54 bits per heavy atom. The van der Waals surface area contributed by atoms with Crippen LogP contribution in [0.1, 0.15) is 0 Å². The van der Waals surface area contributed by atoms with Crippen LogP contribution in [-0.2, 0) is 10.1 Å². The smallest absolute Gasteiger partial charge is 0.294 e. The zero-order valence-corrected chi connectivity index (χ0v) is 10.2. The van der Waals surface area contributed by atoms with Crippen LogP contribution in [0, 0.1) is 0 Å². The van der Waals surface area contributed by atoms with Gasteiger partial charge in [-0.15, -0.1) is 0 Å². The van der Waals surface area contributed by atoms with Gasteiger partial charge in [-0.05, 0) is 34.2 Å². The minimum absolute atomic E-state index is 0.237. The highest BCUT2D eigenvalue weighted by atomic mass is 79.9. The van der Waals surface area contributed by atoms with Crippen molar-refractivity contribution in [3.63, 3.8) is 0 Å². The number of rotatable bonds is 1. The van der Waals surface area contributed by atoms with Crippen molar-refractivity contribution in [2.45, 2.75) is 9.34 Å². The summed E-state index contributed by atoms with van der Waals surface area (Å²) in [6, 6.07) is 0. The first kappa shape index (κ1) is 11.4. The van der Waals surface area contributed by atoms with Crippen LogP contribution >= 0.6 is 31.9 Å². The molecule has 0 aromatic rings. The molecule has 0 fully saturated rings. The zero-order chi connectivity index (χ0) is 10.3. The van der Waals surface area contributed by atoms with Crippen molar-refractivity contribution in [2.24, 2.45) is 0 Å². The van der Waals surface area contributed by atoms with E-state index in [9.17, 15) is 13.5 Å². The molecule has 13 heavy (non-hydrogen) atoms. The van der Waals surface area contributed by atoms with E-state index in [1.54, 1.807) is 0 Å². The number of alkyl halides is 2. The van der Waals surface area contributed by atoms with Crippen LogP contribution < -0.4 is 0 Å². The van der Waals surface area contributed by atoms with Gasteiger partial charge in [0, 0.05) is 0 Å². The van der Waals surface area contributed by atoms with Crippen molar-refractivity contribution in [3.05, 3.63) is 23.1 Å². The highest BCUT2D eigenvalue weighted by Gasteiger charge is 2.32. The van der Waals surface area contributed by atoms with Gasteiger partial charge in [0.25, 0.3) is 10.1 Å². The maximum Gasteiger partial charge on any atom is 0.294 e. The minimum atomic E-state index is -4.20. The molecule has 0 heterocycles. The lowest BCUT2D eigenvalue weighted by Gasteiger charge is -2.24. The van der Waals surface area contributed by atoms with E-state index in [-0.39, 0.29) is 4.91 Å². The summed E-state index contributed by atoms with van der Waals surface area (Å²) < 4.78 is 28.7. The van der Waals surface area contributed by atoms with Gasteiger partial charge >= 0.3 is 0 Å². The maximum atomic E-state index is 10.7. The second-order valence-electron chi connectivity index (χ2n) is 2.51. The normalized spacial score (nSPS) is 34.5. The largest absolute Gasteiger partial charge is 0.374 e. The fourth-order valence-corrected chi connectivity index (χ4v) is 2.20. The van der Waals surface area contributed by atoms with Crippen molar-refractivity contribution in [1.82, 2.24) is 0 Å². The van der Waals surface area contributed by atoms with Gasteiger partial charge in [-0.2, -0.15) is 8.42 Å². The Morgan fingerprint density at radius 3 is 2.46 bits per heavy atom. The molecule has 1 aliphatic rings. The quantitative estimate of drug-likeness (QED) is 0.558. The van der Waals surface area contributed by atoms with E-state index in [0.717, 1.165) is 6.08 Å². The molecule has 0 spiro atoms. The van der Waals surface area contributed by atoms with E-state index in [4.69, 9.17) is 4.55 Å². The van der Waals surface area contributed by atoms with Gasteiger partial charge < -0.3 is 5.11 Å². The summed E-state index contributed by atoms with van der Waals surface area (Å²) in [4.78, 5) is -0.847. The van der Waals surface area contributed by atoms with E-state index < -0.39 is 19.5 Å². The second kappa shape index (κ2) is 3.47. The molecule has 0 saturated carbocycles. The predicted molar refractivity (Wildman–Crippen MR) is 55.4 cm³/mol. The van der Waals surface area contributed by atoms with Crippen molar-refractivity contribution < 1.29 is 18.1 Å². The van der Waals surface area contributed by atoms with Gasteiger partial charge in [-0.25, -0.2) is 0 Å². The van der Waals surface area contributed by atoms with Crippen LogP contribution in [0.15, 0.2) is 23.1 Å². The van der Waals surface area contributed by atoms with Crippen LogP contribution in [0.25, 0.3) is 0 Å². The molecule has 0 amide bonds. The highest BCUT2D eigenvalue weighted by molar-refractivity contribution is 9.12. The SMILES string of the molecule is O=S(=O)(O)C1=CC(Br)C(O)(Br)C=C1. The lowest BCUT2D eigenvalue weighted by molar-refractivity contribution is 0.204. The molecule has 2 unspecified atom stereocenters. The first-order chi connectivity index (χ1) is 5.73. The van der Waals surface area contributed by atoms with Crippen LogP contribution in [0.2, 0.25) is 0 Å².